The van der Waals surface area contributed by atoms with Crippen molar-refractivity contribution in [2.75, 3.05) is 48.3 Å². The minimum Gasteiger partial charge on any atom is -0.459 e. The molecule has 22 heteroatoms. The molecular weight excluding hydrogens is 1020 g/mol. The second-order valence-corrected chi connectivity index (χ2v) is 24.9. The summed E-state index contributed by atoms with van der Waals surface area (Å²) in [5, 5.41) is 63.6. The van der Waals surface area contributed by atoms with Crippen LogP contribution in [-0.4, -0.2) is 198 Å². The first kappa shape index (κ1) is 64.9. The molecule has 78 heavy (non-hydrogen) atoms. The summed E-state index contributed by atoms with van der Waals surface area (Å²) in [5.41, 5.74) is -5.10. The molecule has 0 aromatic rings. The summed E-state index contributed by atoms with van der Waals surface area (Å²) < 4.78 is 59.7. The van der Waals surface area contributed by atoms with E-state index in [4.69, 9.17) is 62.0 Å². The Bertz CT molecular complexity index is 2000. The molecule has 2 bridgehead atoms. The molecule has 1 aliphatic carbocycles. The zero-order chi connectivity index (χ0) is 58.0. The van der Waals surface area contributed by atoms with Crippen LogP contribution in [-0.2, 0) is 71.6 Å². The topological polar surface area (TPSA) is 271 Å². The first-order valence-electron chi connectivity index (χ1n) is 28.5. The Kier molecular flexibility index (Phi) is 21.8. The van der Waals surface area contributed by atoms with Gasteiger partial charge in [-0.05, 0) is 107 Å². The van der Waals surface area contributed by atoms with E-state index in [1.807, 2.05) is 46.7 Å². The number of likely N-dealkylation sites (N-methyl/N-ethyl adjacent to an activating group) is 1. The number of hydrogen-bond donors (Lipinski definition) is 5. The van der Waals surface area contributed by atoms with Gasteiger partial charge in [0, 0.05) is 62.7 Å². The second kappa shape index (κ2) is 26.1. The van der Waals surface area contributed by atoms with Crippen LogP contribution in [0.15, 0.2) is 5.16 Å². The Morgan fingerprint density at radius 3 is 2.10 bits per heavy atom. The normalized spacial score (nSPS) is 48.9. The van der Waals surface area contributed by atoms with Crippen molar-refractivity contribution in [3.8, 4) is 0 Å². The smallest absolute Gasteiger partial charge is 0.311 e. The highest BCUT2D eigenvalue weighted by molar-refractivity contribution is 5.88. The largest absolute Gasteiger partial charge is 0.459 e. The van der Waals surface area contributed by atoms with Crippen molar-refractivity contribution in [3.05, 3.63) is 0 Å². The van der Waals surface area contributed by atoms with E-state index in [-0.39, 0.29) is 62.6 Å². The summed E-state index contributed by atoms with van der Waals surface area (Å²) in [5.74, 6) is -4.28. The molecule has 25 atom stereocenters. The molecular formula is C56H98N2O20. The number of oxime groups is 1. The molecule has 1 saturated carbocycles. The molecule has 7 saturated heterocycles. The molecule has 452 valence electrons. The highest BCUT2D eigenvalue weighted by Crippen LogP contribution is 2.60. The number of aliphatic hydroxyl groups excluding tert-OH is 3. The van der Waals surface area contributed by atoms with Crippen LogP contribution in [0.25, 0.3) is 0 Å². The molecule has 7 aliphatic heterocycles. The first-order chi connectivity index (χ1) is 36.4. The number of methoxy groups -OCH3 is 2. The monoisotopic (exact) mass is 1120 g/mol. The predicted molar refractivity (Wildman–Crippen MR) is 281 cm³/mol. The van der Waals surface area contributed by atoms with Gasteiger partial charge >= 0.3 is 11.9 Å². The van der Waals surface area contributed by atoms with Crippen LogP contribution in [0.2, 0.25) is 0 Å². The highest BCUT2D eigenvalue weighted by Gasteiger charge is 2.70. The number of hydrogen-bond acceptors (Lipinski definition) is 22. The van der Waals surface area contributed by atoms with E-state index in [9.17, 15) is 35.1 Å². The van der Waals surface area contributed by atoms with E-state index < -0.39 is 119 Å². The minimum atomic E-state index is -1.97. The van der Waals surface area contributed by atoms with Gasteiger partial charge in [0.2, 0.25) is 18.9 Å². The predicted octanol–water partition coefficient (Wildman–Crippen LogP) is 4.60. The van der Waals surface area contributed by atoms with E-state index in [0.717, 1.165) is 25.7 Å². The van der Waals surface area contributed by atoms with Gasteiger partial charge in [0.15, 0.2) is 18.2 Å². The molecule has 1 spiro atoms. The van der Waals surface area contributed by atoms with Gasteiger partial charge in [-0.3, -0.25) is 9.59 Å². The Labute approximate surface area is 462 Å². The molecule has 8 aliphatic rings. The molecule has 7 heterocycles. The zero-order valence-corrected chi connectivity index (χ0v) is 49.6. The zero-order valence-electron chi connectivity index (χ0n) is 49.6. The van der Waals surface area contributed by atoms with Gasteiger partial charge < -0.3 is 82.6 Å². The summed E-state index contributed by atoms with van der Waals surface area (Å²) in [6.07, 6.45) is -6.25. The average molecular weight is 1120 g/mol. The minimum absolute atomic E-state index is 0.0307. The summed E-state index contributed by atoms with van der Waals surface area (Å²) >= 11 is 0. The van der Waals surface area contributed by atoms with Crippen molar-refractivity contribution < 1.29 is 97.1 Å². The SMILES string of the molecule is CC[C@H]1OC(=O)[C@H](C)[C@@H](OC2CC(C)(OC)C(O)C(C)O2)[C@H](C)[C@@H](OC2OC(C)CC(N(C)C)C2O)[C@](C)(O)C[C@@H](C)/C(=N\OCOCCOC)[C@H](C)[C@@H](O)[C@]1(C)O.C[C@@H]1CC[C@H]2[C@@H](C)C(=O)O[C@@H]3OC4(C)CC[C@@H]1[C@]32OO4. The quantitative estimate of drug-likeness (QED) is 0.0554. The molecule has 5 N–H and O–H groups in total. The van der Waals surface area contributed by atoms with Crippen molar-refractivity contribution >= 4 is 17.7 Å². The second-order valence-electron chi connectivity index (χ2n) is 24.9. The fraction of sp³-hybridized carbons (Fsp3) is 0.946. The lowest BCUT2D eigenvalue weighted by Crippen LogP contribution is -2.69. The van der Waals surface area contributed by atoms with Gasteiger partial charge in [-0.1, -0.05) is 46.7 Å². The number of esters is 2. The van der Waals surface area contributed by atoms with Crippen molar-refractivity contribution in [2.45, 2.75) is 243 Å². The van der Waals surface area contributed by atoms with E-state index in [1.165, 1.54) is 14.0 Å². The van der Waals surface area contributed by atoms with Crippen LogP contribution in [0.1, 0.15) is 141 Å². The van der Waals surface area contributed by atoms with Crippen molar-refractivity contribution in [1.82, 2.24) is 4.90 Å². The molecule has 0 radical (unpaired) electrons. The molecule has 0 aromatic heterocycles. The van der Waals surface area contributed by atoms with Crippen LogP contribution >= 0.6 is 0 Å². The fourth-order valence-corrected chi connectivity index (χ4v) is 13.7. The van der Waals surface area contributed by atoms with Crippen molar-refractivity contribution in [2.24, 2.45) is 52.5 Å². The van der Waals surface area contributed by atoms with Gasteiger partial charge in [-0.2, -0.15) is 0 Å². The van der Waals surface area contributed by atoms with Gasteiger partial charge in [0.25, 0.3) is 0 Å². The van der Waals surface area contributed by atoms with Gasteiger partial charge in [-0.25, -0.2) is 9.78 Å². The number of carbonyl (C=O) groups excluding carboxylic acids is 2. The number of aliphatic hydroxyl groups is 5. The number of fused-ring (bicyclic) bond motifs is 2. The summed E-state index contributed by atoms with van der Waals surface area (Å²) in [7, 11) is 6.76. The first-order valence-corrected chi connectivity index (χ1v) is 28.5. The Morgan fingerprint density at radius 2 is 1.46 bits per heavy atom. The van der Waals surface area contributed by atoms with Crippen LogP contribution in [0, 0.1) is 47.3 Å². The van der Waals surface area contributed by atoms with E-state index in [2.05, 4.69) is 12.1 Å². The number of cyclic esters (lactones) is 1. The van der Waals surface area contributed by atoms with Crippen LogP contribution in [0.4, 0.5) is 0 Å². The number of carbonyl (C=O) groups is 2. The Morgan fingerprint density at radius 1 is 0.782 bits per heavy atom. The van der Waals surface area contributed by atoms with Crippen LogP contribution in [0.5, 0.6) is 0 Å². The Hall–Kier alpha value is -2.23. The molecule has 9 unspecified atom stereocenters. The number of ether oxygens (including phenoxy) is 10. The lowest BCUT2D eigenvalue weighted by Gasteiger charge is -2.57. The lowest BCUT2D eigenvalue weighted by atomic mass is 9.58. The fourth-order valence-electron chi connectivity index (χ4n) is 13.7. The third kappa shape index (κ3) is 13.6. The van der Waals surface area contributed by atoms with Crippen LogP contribution < -0.4 is 0 Å². The molecule has 0 amide bonds. The third-order valence-electron chi connectivity index (χ3n) is 18.6. The number of rotatable bonds is 13. The van der Waals surface area contributed by atoms with Gasteiger partial charge in [0.1, 0.15) is 23.9 Å². The van der Waals surface area contributed by atoms with Crippen molar-refractivity contribution in [3.63, 3.8) is 0 Å². The van der Waals surface area contributed by atoms with Crippen LogP contribution in [0.3, 0.4) is 0 Å². The summed E-state index contributed by atoms with van der Waals surface area (Å²) in [4.78, 5) is 45.5. The molecule has 22 nitrogen and oxygen atoms in total. The maximum Gasteiger partial charge on any atom is 0.311 e. The molecule has 0 aromatic carbocycles. The van der Waals surface area contributed by atoms with Gasteiger partial charge in [-0.15, -0.1) is 0 Å². The summed E-state index contributed by atoms with van der Waals surface area (Å²) in [6.45, 7) is 23.4. The third-order valence-corrected chi connectivity index (χ3v) is 18.6. The maximum absolute atomic E-state index is 14.3. The number of nitrogens with zero attached hydrogens (tertiary/aromatic N) is 2. The van der Waals surface area contributed by atoms with E-state index in [1.54, 1.807) is 55.6 Å². The van der Waals surface area contributed by atoms with E-state index in [0.29, 0.717) is 30.6 Å². The Balaban J connectivity index is 0.000000403. The van der Waals surface area contributed by atoms with Crippen molar-refractivity contribution in [1.29, 1.82) is 0 Å². The summed E-state index contributed by atoms with van der Waals surface area (Å²) in [6, 6.07) is -0.328. The lowest BCUT2D eigenvalue weighted by molar-refractivity contribution is -0.559. The maximum atomic E-state index is 14.3. The average Bonchev–Trinajstić information content (AvgIpc) is 3.69. The standard InChI is InChI=1S/C41H76N2O15.C15H22O5/c1-15-29-41(10,49)34(45)24(4)31(42-53-21-52-17-16-50-13)22(2)19-39(8,48)36(58-38-32(44)28(43(11)12)18-23(3)54-38)25(5)33(26(6)37(47)56-29)57-30-20-40(9,51-14)35(46)27(7)55-30;1-8-4-5-11-9(2)12(16)17-13-15(11)10(8)6-7-14(3,18-13)19-20-15/h22-30,32-36,38,44-46,48-49H,15-21H2,1-14H3;8-11,13H,4-7H2,1-3H3/b42-31+;/t22-,23?,24+,25+,26-,27?,28?,29-,30?,32?,33+,34-,35?,36-,38?,39-,40?,41-;8-,9-,10+,11+,13-,14?,15-/m11/s1. The molecule has 8 fully saturated rings. The van der Waals surface area contributed by atoms with E-state index >= 15 is 0 Å². The van der Waals surface area contributed by atoms with Gasteiger partial charge in [0.05, 0.1) is 72.5 Å². The molecule has 8 rings (SSSR count). The highest BCUT2D eigenvalue weighted by atomic mass is 17.3.